The van der Waals surface area contributed by atoms with Gasteiger partial charge in [-0.1, -0.05) is 13.8 Å². The molecule has 0 heterocycles. The lowest BCUT2D eigenvalue weighted by Crippen LogP contribution is -2.33. The number of nitrogen functional groups attached to an aromatic ring is 1. The average Bonchev–Trinajstić information content (AvgIpc) is 2.36. The Balaban J connectivity index is 2.73. The number of rotatable bonds is 5. The summed E-state index contributed by atoms with van der Waals surface area (Å²) in [6.07, 6.45) is -4.42. The number of carbonyl (C=O) groups is 1. The van der Waals surface area contributed by atoms with Gasteiger partial charge in [0.1, 0.15) is 0 Å². The minimum atomic E-state index is -4.42. The largest absolute Gasteiger partial charge is 0.416 e. The highest BCUT2D eigenvalue weighted by molar-refractivity contribution is 8.00. The molecule has 1 aromatic carbocycles. The Hall–Kier alpha value is -1.37. The first-order valence-corrected chi connectivity index (χ1v) is 7.40. The Kier molecular flexibility index (Phi) is 5.95. The maximum absolute atomic E-state index is 12.5. The lowest BCUT2D eigenvalue weighted by Gasteiger charge is -2.15. The first kappa shape index (κ1) is 17.7. The molecular formula is C14H19F3N2OS. The van der Waals surface area contributed by atoms with E-state index in [2.05, 4.69) is 5.32 Å². The average molecular weight is 320 g/mol. The molecule has 0 aliphatic carbocycles. The monoisotopic (exact) mass is 320 g/mol. The lowest BCUT2D eigenvalue weighted by atomic mass is 10.2. The molecule has 1 rings (SSSR count). The van der Waals surface area contributed by atoms with Crippen LogP contribution in [0.2, 0.25) is 0 Å². The van der Waals surface area contributed by atoms with Crippen molar-refractivity contribution in [1.29, 1.82) is 0 Å². The van der Waals surface area contributed by atoms with Crippen molar-refractivity contribution in [1.82, 2.24) is 5.32 Å². The van der Waals surface area contributed by atoms with Gasteiger partial charge in [0.15, 0.2) is 0 Å². The van der Waals surface area contributed by atoms with Gasteiger partial charge in [-0.25, -0.2) is 0 Å². The van der Waals surface area contributed by atoms with Crippen molar-refractivity contribution in [3.8, 4) is 0 Å². The van der Waals surface area contributed by atoms with Crippen molar-refractivity contribution in [2.24, 2.45) is 5.92 Å². The Morgan fingerprint density at radius 3 is 2.43 bits per heavy atom. The van der Waals surface area contributed by atoms with Crippen molar-refractivity contribution in [2.75, 3.05) is 12.3 Å². The zero-order valence-corrected chi connectivity index (χ0v) is 12.9. The Labute approximate surface area is 126 Å². The van der Waals surface area contributed by atoms with Crippen LogP contribution in [0.5, 0.6) is 0 Å². The van der Waals surface area contributed by atoms with Crippen molar-refractivity contribution >= 4 is 23.4 Å². The molecule has 1 unspecified atom stereocenters. The third-order valence-corrected chi connectivity index (χ3v) is 3.89. The second kappa shape index (κ2) is 7.06. The zero-order chi connectivity index (χ0) is 16.2. The molecule has 1 atom stereocenters. The van der Waals surface area contributed by atoms with Crippen LogP contribution in [0.1, 0.15) is 26.3 Å². The summed E-state index contributed by atoms with van der Waals surface area (Å²) in [5.74, 6) is 0.176. The molecule has 1 aromatic rings. The molecule has 118 valence electrons. The summed E-state index contributed by atoms with van der Waals surface area (Å²) in [6, 6.07) is 3.16. The van der Waals surface area contributed by atoms with E-state index in [4.69, 9.17) is 5.73 Å². The van der Waals surface area contributed by atoms with E-state index in [9.17, 15) is 18.0 Å². The fourth-order valence-corrected chi connectivity index (χ4v) is 2.44. The summed E-state index contributed by atoms with van der Waals surface area (Å²) >= 11 is 1.14. The SMILES string of the molecule is CC(C)CNC(=O)C(C)Sc1ccc(C(F)(F)F)cc1N. The summed E-state index contributed by atoms with van der Waals surface area (Å²) < 4.78 is 37.6. The smallest absolute Gasteiger partial charge is 0.398 e. The number of benzene rings is 1. The highest BCUT2D eigenvalue weighted by atomic mass is 32.2. The van der Waals surface area contributed by atoms with Crippen LogP contribution in [-0.2, 0) is 11.0 Å². The molecule has 3 nitrogen and oxygen atoms in total. The van der Waals surface area contributed by atoms with Gasteiger partial charge in [-0.3, -0.25) is 4.79 Å². The summed E-state index contributed by atoms with van der Waals surface area (Å²) in [5, 5.41) is 2.35. The number of alkyl halides is 3. The van der Waals surface area contributed by atoms with Crippen molar-refractivity contribution < 1.29 is 18.0 Å². The van der Waals surface area contributed by atoms with Crippen LogP contribution in [0.3, 0.4) is 0 Å². The standard InChI is InChI=1S/C14H19F3N2OS/c1-8(2)7-19-13(20)9(3)21-12-5-4-10(6-11(12)18)14(15,16)17/h4-6,8-9H,7,18H2,1-3H3,(H,19,20). The first-order chi connectivity index (χ1) is 9.61. The number of nitrogens with two attached hydrogens (primary N) is 1. The zero-order valence-electron chi connectivity index (χ0n) is 12.1. The molecule has 1 amide bonds. The molecule has 0 radical (unpaired) electrons. The molecule has 3 N–H and O–H groups in total. The minimum Gasteiger partial charge on any atom is -0.398 e. The highest BCUT2D eigenvalue weighted by Crippen LogP contribution is 2.35. The van der Waals surface area contributed by atoms with Gasteiger partial charge < -0.3 is 11.1 Å². The van der Waals surface area contributed by atoms with Crippen LogP contribution in [0.15, 0.2) is 23.1 Å². The molecule has 0 aromatic heterocycles. The van der Waals surface area contributed by atoms with Crippen LogP contribution >= 0.6 is 11.8 Å². The predicted molar refractivity (Wildman–Crippen MR) is 79.0 cm³/mol. The quantitative estimate of drug-likeness (QED) is 0.644. The Morgan fingerprint density at radius 1 is 1.33 bits per heavy atom. The third kappa shape index (κ3) is 5.49. The molecule has 0 saturated heterocycles. The molecule has 0 bridgehead atoms. The summed E-state index contributed by atoms with van der Waals surface area (Å²) in [5.41, 5.74) is 4.87. The molecule has 0 aliphatic heterocycles. The molecule has 0 aliphatic rings. The van der Waals surface area contributed by atoms with E-state index >= 15 is 0 Å². The molecule has 0 fully saturated rings. The normalized spacial score (nSPS) is 13.3. The van der Waals surface area contributed by atoms with Crippen LogP contribution in [0.4, 0.5) is 18.9 Å². The van der Waals surface area contributed by atoms with Gasteiger partial charge >= 0.3 is 6.18 Å². The van der Waals surface area contributed by atoms with E-state index < -0.39 is 17.0 Å². The number of amides is 1. The van der Waals surface area contributed by atoms with Gasteiger partial charge in [-0.05, 0) is 31.0 Å². The Morgan fingerprint density at radius 2 is 1.95 bits per heavy atom. The molecular weight excluding hydrogens is 301 g/mol. The summed E-state index contributed by atoms with van der Waals surface area (Å²) in [7, 11) is 0. The van der Waals surface area contributed by atoms with Gasteiger partial charge in [0.05, 0.1) is 10.8 Å². The maximum atomic E-state index is 12.5. The van der Waals surface area contributed by atoms with E-state index in [-0.39, 0.29) is 11.6 Å². The fraction of sp³-hybridized carbons (Fsp3) is 0.500. The van der Waals surface area contributed by atoms with E-state index in [0.29, 0.717) is 17.4 Å². The number of halogens is 3. The van der Waals surface area contributed by atoms with Gasteiger partial charge in [-0.15, -0.1) is 11.8 Å². The number of anilines is 1. The van der Waals surface area contributed by atoms with E-state index in [1.54, 1.807) is 6.92 Å². The summed E-state index contributed by atoms with van der Waals surface area (Å²) in [6.45, 7) is 6.21. The molecule has 0 spiro atoms. The molecule has 21 heavy (non-hydrogen) atoms. The maximum Gasteiger partial charge on any atom is 0.416 e. The number of hydrogen-bond acceptors (Lipinski definition) is 3. The fourth-order valence-electron chi connectivity index (χ4n) is 1.52. The van der Waals surface area contributed by atoms with Crippen LogP contribution in [0, 0.1) is 5.92 Å². The van der Waals surface area contributed by atoms with Gasteiger partial charge in [0, 0.05) is 17.1 Å². The van der Waals surface area contributed by atoms with Crippen molar-refractivity contribution in [2.45, 2.75) is 37.1 Å². The van der Waals surface area contributed by atoms with E-state index in [0.717, 1.165) is 23.9 Å². The number of carbonyl (C=O) groups excluding carboxylic acids is 1. The topological polar surface area (TPSA) is 55.1 Å². The third-order valence-electron chi connectivity index (χ3n) is 2.69. The van der Waals surface area contributed by atoms with Gasteiger partial charge in [0.2, 0.25) is 5.91 Å². The van der Waals surface area contributed by atoms with E-state index in [1.807, 2.05) is 13.8 Å². The highest BCUT2D eigenvalue weighted by Gasteiger charge is 2.31. The lowest BCUT2D eigenvalue weighted by molar-refractivity contribution is -0.137. The van der Waals surface area contributed by atoms with Crippen LogP contribution < -0.4 is 11.1 Å². The van der Waals surface area contributed by atoms with Crippen LogP contribution in [-0.4, -0.2) is 17.7 Å². The second-order valence-corrected chi connectivity index (χ2v) is 6.53. The second-order valence-electron chi connectivity index (χ2n) is 5.15. The van der Waals surface area contributed by atoms with E-state index in [1.165, 1.54) is 6.07 Å². The predicted octanol–water partition coefficient (Wildman–Crippen LogP) is 3.54. The molecule has 0 saturated carbocycles. The Bertz CT molecular complexity index is 503. The first-order valence-electron chi connectivity index (χ1n) is 6.52. The van der Waals surface area contributed by atoms with Crippen molar-refractivity contribution in [3.05, 3.63) is 23.8 Å². The summed E-state index contributed by atoms with van der Waals surface area (Å²) in [4.78, 5) is 12.3. The minimum absolute atomic E-state index is 0.0262. The molecule has 7 heteroatoms. The number of nitrogens with one attached hydrogen (secondary N) is 1. The van der Waals surface area contributed by atoms with Gasteiger partial charge in [0.25, 0.3) is 0 Å². The van der Waals surface area contributed by atoms with Crippen molar-refractivity contribution in [3.63, 3.8) is 0 Å². The van der Waals surface area contributed by atoms with Crippen LogP contribution in [0.25, 0.3) is 0 Å². The van der Waals surface area contributed by atoms with Gasteiger partial charge in [-0.2, -0.15) is 13.2 Å². The number of thioether (sulfide) groups is 1. The number of hydrogen-bond donors (Lipinski definition) is 2.